The number of nitrogens with zero attached hydrogens (tertiary/aromatic N) is 1. The first kappa shape index (κ1) is 12.4. The molecule has 1 aromatic rings. The lowest BCUT2D eigenvalue weighted by Gasteiger charge is -2.32. The Bertz CT molecular complexity index is 290. The van der Waals surface area contributed by atoms with Crippen LogP contribution in [-0.4, -0.2) is 35.5 Å². The maximum absolute atomic E-state index is 6.17. The highest BCUT2D eigenvalue weighted by molar-refractivity contribution is 7.99. The van der Waals surface area contributed by atoms with Crippen molar-refractivity contribution in [3.63, 3.8) is 0 Å². The topological polar surface area (TPSA) is 29.3 Å². The molecule has 0 aromatic carbocycles. The minimum atomic E-state index is 0.206. The predicted octanol–water partition coefficient (Wildman–Crippen LogP) is 2.58. The number of nitrogens with two attached hydrogens (primary N) is 1. The van der Waals surface area contributed by atoms with E-state index in [2.05, 4.69) is 40.4 Å². The van der Waals surface area contributed by atoms with E-state index in [1.54, 1.807) is 11.3 Å². The van der Waals surface area contributed by atoms with Crippen LogP contribution in [0.1, 0.15) is 24.9 Å². The summed E-state index contributed by atoms with van der Waals surface area (Å²) in [4.78, 5) is 2.56. The lowest BCUT2D eigenvalue weighted by molar-refractivity contribution is 0.191. The van der Waals surface area contributed by atoms with Crippen LogP contribution in [0.4, 0.5) is 0 Å². The van der Waals surface area contributed by atoms with Crippen LogP contribution < -0.4 is 5.73 Å². The molecule has 0 amide bonds. The van der Waals surface area contributed by atoms with Gasteiger partial charge in [-0.05, 0) is 48.0 Å². The average molecular weight is 256 g/mol. The summed E-state index contributed by atoms with van der Waals surface area (Å²) in [5.41, 5.74) is 7.56. The highest BCUT2D eigenvalue weighted by Crippen LogP contribution is 2.27. The van der Waals surface area contributed by atoms with Crippen molar-refractivity contribution in [3.8, 4) is 0 Å². The minimum absolute atomic E-state index is 0.206. The van der Waals surface area contributed by atoms with Gasteiger partial charge in [-0.15, -0.1) is 0 Å². The van der Waals surface area contributed by atoms with Gasteiger partial charge in [0.2, 0.25) is 0 Å². The van der Waals surface area contributed by atoms with Crippen LogP contribution in [0, 0.1) is 0 Å². The molecule has 2 heterocycles. The van der Waals surface area contributed by atoms with E-state index in [0.29, 0.717) is 6.04 Å². The van der Waals surface area contributed by atoms with E-state index in [1.807, 2.05) is 0 Å². The van der Waals surface area contributed by atoms with Crippen molar-refractivity contribution >= 4 is 23.1 Å². The summed E-state index contributed by atoms with van der Waals surface area (Å²) in [6, 6.07) is 2.83. The second-order valence-electron chi connectivity index (χ2n) is 4.36. The maximum atomic E-state index is 6.17. The molecule has 0 saturated carbocycles. The SMILES string of the molecule is CC(N)C(c1ccsc1)N1CCCSCC1. The van der Waals surface area contributed by atoms with Crippen molar-refractivity contribution in [2.75, 3.05) is 24.6 Å². The first-order valence-corrected chi connectivity index (χ1v) is 7.98. The fourth-order valence-corrected chi connectivity index (χ4v) is 3.92. The number of thiophene rings is 1. The molecule has 2 atom stereocenters. The zero-order valence-corrected chi connectivity index (χ0v) is 11.4. The molecule has 4 heteroatoms. The molecule has 2 N–H and O–H groups in total. The Morgan fingerprint density at radius 2 is 2.25 bits per heavy atom. The van der Waals surface area contributed by atoms with Crippen molar-refractivity contribution < 1.29 is 0 Å². The van der Waals surface area contributed by atoms with Gasteiger partial charge in [0.15, 0.2) is 0 Å². The molecule has 1 saturated heterocycles. The van der Waals surface area contributed by atoms with E-state index in [1.165, 1.54) is 36.6 Å². The Morgan fingerprint density at radius 1 is 1.38 bits per heavy atom. The van der Waals surface area contributed by atoms with Crippen LogP contribution in [0.15, 0.2) is 16.8 Å². The van der Waals surface area contributed by atoms with E-state index >= 15 is 0 Å². The summed E-state index contributed by atoms with van der Waals surface area (Å²) in [5, 5.41) is 4.39. The molecule has 90 valence electrons. The second-order valence-corrected chi connectivity index (χ2v) is 6.37. The third kappa shape index (κ3) is 3.00. The van der Waals surface area contributed by atoms with Gasteiger partial charge < -0.3 is 5.73 Å². The van der Waals surface area contributed by atoms with E-state index in [0.717, 1.165) is 0 Å². The first-order valence-electron chi connectivity index (χ1n) is 5.88. The Hall–Kier alpha value is -0.0300. The first-order chi connectivity index (χ1) is 7.79. The van der Waals surface area contributed by atoms with Crippen LogP contribution >= 0.6 is 23.1 Å². The fraction of sp³-hybridized carbons (Fsp3) is 0.667. The molecule has 2 unspecified atom stereocenters. The van der Waals surface area contributed by atoms with Gasteiger partial charge in [0.1, 0.15) is 0 Å². The minimum Gasteiger partial charge on any atom is -0.326 e. The molecule has 0 spiro atoms. The molecular weight excluding hydrogens is 236 g/mol. The number of hydrogen-bond acceptors (Lipinski definition) is 4. The van der Waals surface area contributed by atoms with Crippen LogP contribution in [0.25, 0.3) is 0 Å². The molecule has 1 aliphatic rings. The van der Waals surface area contributed by atoms with Crippen LogP contribution in [0.3, 0.4) is 0 Å². The summed E-state index contributed by atoms with van der Waals surface area (Å²) in [5.74, 6) is 2.54. The smallest absolute Gasteiger partial charge is 0.0505 e. The third-order valence-electron chi connectivity index (χ3n) is 3.03. The normalized spacial score (nSPS) is 22.6. The quantitative estimate of drug-likeness (QED) is 0.901. The molecule has 16 heavy (non-hydrogen) atoms. The number of rotatable bonds is 3. The molecule has 2 nitrogen and oxygen atoms in total. The van der Waals surface area contributed by atoms with E-state index < -0.39 is 0 Å². The Labute approximate surface area is 106 Å². The molecular formula is C12H20N2S2. The van der Waals surface area contributed by atoms with Gasteiger partial charge in [0, 0.05) is 18.3 Å². The Balaban J connectivity index is 2.12. The second kappa shape index (κ2) is 6.05. The zero-order valence-electron chi connectivity index (χ0n) is 9.76. The van der Waals surface area contributed by atoms with E-state index in [4.69, 9.17) is 5.73 Å². The number of thioether (sulfide) groups is 1. The molecule has 1 aliphatic heterocycles. The van der Waals surface area contributed by atoms with Crippen molar-refractivity contribution in [2.45, 2.75) is 25.4 Å². The van der Waals surface area contributed by atoms with Gasteiger partial charge in [-0.3, -0.25) is 4.90 Å². The van der Waals surface area contributed by atoms with Gasteiger partial charge >= 0.3 is 0 Å². The van der Waals surface area contributed by atoms with Crippen molar-refractivity contribution in [2.24, 2.45) is 5.73 Å². The summed E-state index contributed by atoms with van der Waals surface area (Å²) in [6.45, 7) is 4.49. The molecule has 1 fully saturated rings. The lowest BCUT2D eigenvalue weighted by Crippen LogP contribution is -2.40. The van der Waals surface area contributed by atoms with Gasteiger partial charge in [-0.1, -0.05) is 0 Å². The molecule has 0 bridgehead atoms. The fourth-order valence-electron chi connectivity index (χ4n) is 2.33. The predicted molar refractivity (Wildman–Crippen MR) is 74.2 cm³/mol. The Morgan fingerprint density at radius 3 is 2.94 bits per heavy atom. The van der Waals surface area contributed by atoms with Crippen molar-refractivity contribution in [1.82, 2.24) is 4.90 Å². The maximum Gasteiger partial charge on any atom is 0.0505 e. The van der Waals surface area contributed by atoms with Gasteiger partial charge in [0.05, 0.1) is 6.04 Å². The zero-order chi connectivity index (χ0) is 11.4. The van der Waals surface area contributed by atoms with Crippen LogP contribution in [-0.2, 0) is 0 Å². The van der Waals surface area contributed by atoms with E-state index in [9.17, 15) is 0 Å². The van der Waals surface area contributed by atoms with Gasteiger partial charge in [-0.2, -0.15) is 23.1 Å². The van der Waals surface area contributed by atoms with Crippen LogP contribution in [0.2, 0.25) is 0 Å². The molecule has 2 rings (SSSR count). The summed E-state index contributed by atoms with van der Waals surface area (Å²) >= 11 is 3.83. The largest absolute Gasteiger partial charge is 0.326 e. The monoisotopic (exact) mass is 256 g/mol. The van der Waals surface area contributed by atoms with Gasteiger partial charge in [-0.25, -0.2) is 0 Å². The standard InChI is InChI=1S/C12H20N2S2/c1-10(13)12(11-3-7-16-9-11)14-4-2-6-15-8-5-14/h3,7,9-10,12H,2,4-6,8,13H2,1H3. The van der Waals surface area contributed by atoms with Crippen molar-refractivity contribution in [3.05, 3.63) is 22.4 Å². The summed E-state index contributed by atoms with van der Waals surface area (Å²) in [7, 11) is 0. The number of hydrogen-bond donors (Lipinski definition) is 1. The summed E-state index contributed by atoms with van der Waals surface area (Å²) in [6.07, 6.45) is 1.29. The molecule has 1 aromatic heterocycles. The highest BCUT2D eigenvalue weighted by atomic mass is 32.2. The van der Waals surface area contributed by atoms with Crippen LogP contribution in [0.5, 0.6) is 0 Å². The van der Waals surface area contributed by atoms with Crippen molar-refractivity contribution in [1.29, 1.82) is 0 Å². The highest BCUT2D eigenvalue weighted by Gasteiger charge is 2.24. The molecule has 0 aliphatic carbocycles. The third-order valence-corrected chi connectivity index (χ3v) is 4.78. The molecule has 0 radical (unpaired) electrons. The Kier molecular flexibility index (Phi) is 4.70. The lowest BCUT2D eigenvalue weighted by atomic mass is 10.0. The summed E-state index contributed by atoms with van der Waals surface area (Å²) < 4.78 is 0. The average Bonchev–Trinajstić information content (AvgIpc) is 2.62. The van der Waals surface area contributed by atoms with E-state index in [-0.39, 0.29) is 6.04 Å². The van der Waals surface area contributed by atoms with Gasteiger partial charge in [0.25, 0.3) is 0 Å².